The number of hydrogen-bond acceptors (Lipinski definition) is 3. The summed E-state index contributed by atoms with van der Waals surface area (Å²) in [5.41, 5.74) is 0.458. The van der Waals surface area contributed by atoms with Gasteiger partial charge in [-0.05, 0) is 30.4 Å². The molecular formula is C15H23NO2. The van der Waals surface area contributed by atoms with Crippen molar-refractivity contribution in [1.29, 1.82) is 0 Å². The Balaban J connectivity index is 1.59. The van der Waals surface area contributed by atoms with Crippen molar-refractivity contribution in [1.82, 2.24) is 5.32 Å². The maximum atomic E-state index is 9.81. The molecule has 3 nitrogen and oxygen atoms in total. The first kappa shape index (κ1) is 13.4. The molecule has 18 heavy (non-hydrogen) atoms. The molecule has 2 rings (SSSR count). The minimum atomic E-state index is -0.450. The molecule has 2 N–H and O–H groups in total. The van der Waals surface area contributed by atoms with Crippen LogP contribution in [0.25, 0.3) is 0 Å². The van der Waals surface area contributed by atoms with Crippen LogP contribution in [0.15, 0.2) is 30.3 Å². The van der Waals surface area contributed by atoms with Gasteiger partial charge in [0.15, 0.2) is 0 Å². The third-order valence-electron chi connectivity index (χ3n) is 3.68. The van der Waals surface area contributed by atoms with Gasteiger partial charge >= 0.3 is 0 Å². The second-order valence-electron chi connectivity index (χ2n) is 5.57. The van der Waals surface area contributed by atoms with Crippen LogP contribution in [0, 0.1) is 5.41 Å². The second-order valence-corrected chi connectivity index (χ2v) is 5.57. The van der Waals surface area contributed by atoms with Gasteiger partial charge in [0.2, 0.25) is 0 Å². The predicted octanol–water partition coefficient (Wildman–Crippen LogP) is 2.21. The average molecular weight is 249 g/mol. The summed E-state index contributed by atoms with van der Waals surface area (Å²) >= 11 is 0. The van der Waals surface area contributed by atoms with Crippen LogP contribution >= 0.6 is 0 Å². The third kappa shape index (κ3) is 4.00. The quantitative estimate of drug-likeness (QED) is 0.778. The molecule has 1 atom stereocenters. The number of rotatable bonds is 7. The largest absolute Gasteiger partial charge is 0.491 e. The molecule has 0 aliphatic heterocycles. The molecule has 1 saturated carbocycles. The van der Waals surface area contributed by atoms with E-state index in [0.29, 0.717) is 18.6 Å². The van der Waals surface area contributed by atoms with Crippen LogP contribution in [-0.4, -0.2) is 30.9 Å². The lowest BCUT2D eigenvalue weighted by Crippen LogP contribution is -2.41. The smallest absolute Gasteiger partial charge is 0.119 e. The van der Waals surface area contributed by atoms with Crippen LogP contribution in [0.1, 0.15) is 26.2 Å². The summed E-state index contributed by atoms with van der Waals surface area (Å²) in [5, 5.41) is 13.1. The van der Waals surface area contributed by atoms with Gasteiger partial charge in [-0.2, -0.15) is 0 Å². The van der Waals surface area contributed by atoms with E-state index < -0.39 is 6.10 Å². The zero-order valence-electron chi connectivity index (χ0n) is 11.1. The van der Waals surface area contributed by atoms with Gasteiger partial charge in [-0.3, -0.25) is 0 Å². The Kier molecular flexibility index (Phi) is 4.61. The summed E-state index contributed by atoms with van der Waals surface area (Å²) < 4.78 is 5.50. The molecule has 100 valence electrons. The summed E-state index contributed by atoms with van der Waals surface area (Å²) in [6.07, 6.45) is 3.50. The number of nitrogens with one attached hydrogen (secondary N) is 1. The fraction of sp³-hybridized carbons (Fsp3) is 0.600. The number of hydrogen-bond donors (Lipinski definition) is 2. The summed E-state index contributed by atoms with van der Waals surface area (Å²) in [4.78, 5) is 0. The molecule has 1 aromatic rings. The van der Waals surface area contributed by atoms with Gasteiger partial charge < -0.3 is 15.2 Å². The van der Waals surface area contributed by atoms with Crippen LogP contribution in [-0.2, 0) is 0 Å². The average Bonchev–Trinajstić information content (AvgIpc) is 2.35. The lowest BCUT2D eigenvalue weighted by molar-refractivity contribution is 0.0946. The standard InChI is InChI=1S/C15H23NO2/c1-15(8-5-9-15)12-16-10-13(17)11-18-14-6-3-2-4-7-14/h2-4,6-7,13,16-17H,5,8-12H2,1H3. The Bertz CT molecular complexity index is 349. The molecule has 0 heterocycles. The fourth-order valence-corrected chi connectivity index (χ4v) is 2.27. The van der Waals surface area contributed by atoms with Crippen molar-refractivity contribution in [2.75, 3.05) is 19.7 Å². The zero-order valence-corrected chi connectivity index (χ0v) is 11.1. The van der Waals surface area contributed by atoms with E-state index in [1.165, 1.54) is 19.3 Å². The molecule has 0 aromatic heterocycles. The number of para-hydroxylation sites is 1. The van der Waals surface area contributed by atoms with E-state index in [2.05, 4.69) is 12.2 Å². The van der Waals surface area contributed by atoms with Gasteiger partial charge in [0.25, 0.3) is 0 Å². The Labute approximate surface area is 109 Å². The monoisotopic (exact) mass is 249 g/mol. The van der Waals surface area contributed by atoms with E-state index in [1.54, 1.807) is 0 Å². The molecule has 1 aromatic carbocycles. The molecule has 1 aliphatic rings. The van der Waals surface area contributed by atoms with Gasteiger partial charge in [-0.15, -0.1) is 0 Å². The van der Waals surface area contributed by atoms with E-state index >= 15 is 0 Å². The van der Waals surface area contributed by atoms with Crippen molar-refractivity contribution in [2.45, 2.75) is 32.3 Å². The van der Waals surface area contributed by atoms with Crippen LogP contribution in [0.5, 0.6) is 5.75 Å². The molecule has 0 saturated heterocycles. The molecule has 0 bridgehead atoms. The van der Waals surface area contributed by atoms with Crippen LogP contribution in [0.2, 0.25) is 0 Å². The summed E-state index contributed by atoms with van der Waals surface area (Å²) in [6, 6.07) is 9.60. The Morgan fingerprint density at radius 3 is 2.67 bits per heavy atom. The second kappa shape index (κ2) is 6.21. The maximum absolute atomic E-state index is 9.81. The summed E-state index contributed by atoms with van der Waals surface area (Å²) in [7, 11) is 0. The van der Waals surface area contributed by atoms with Crippen molar-refractivity contribution in [2.24, 2.45) is 5.41 Å². The van der Waals surface area contributed by atoms with Gasteiger partial charge in [-0.25, -0.2) is 0 Å². The van der Waals surface area contributed by atoms with E-state index in [1.807, 2.05) is 30.3 Å². The highest BCUT2D eigenvalue weighted by atomic mass is 16.5. The van der Waals surface area contributed by atoms with E-state index in [-0.39, 0.29) is 0 Å². The van der Waals surface area contributed by atoms with Gasteiger partial charge in [0.05, 0.1) is 0 Å². The number of aliphatic hydroxyl groups excluding tert-OH is 1. The third-order valence-corrected chi connectivity index (χ3v) is 3.68. The predicted molar refractivity (Wildman–Crippen MR) is 72.8 cm³/mol. The summed E-state index contributed by atoms with van der Waals surface area (Å²) in [5.74, 6) is 0.808. The van der Waals surface area contributed by atoms with Crippen molar-refractivity contribution < 1.29 is 9.84 Å². The molecule has 0 spiro atoms. The normalized spacial score (nSPS) is 19.0. The molecule has 3 heteroatoms. The van der Waals surface area contributed by atoms with Crippen molar-refractivity contribution in [3.63, 3.8) is 0 Å². The molecule has 1 fully saturated rings. The maximum Gasteiger partial charge on any atom is 0.119 e. The molecule has 0 radical (unpaired) electrons. The highest BCUT2D eigenvalue weighted by Gasteiger charge is 2.31. The van der Waals surface area contributed by atoms with Crippen LogP contribution in [0.3, 0.4) is 0 Å². The fourth-order valence-electron chi connectivity index (χ4n) is 2.27. The highest BCUT2D eigenvalue weighted by Crippen LogP contribution is 2.39. The Hall–Kier alpha value is -1.06. The minimum absolute atomic E-state index is 0.341. The van der Waals surface area contributed by atoms with Crippen LogP contribution < -0.4 is 10.1 Å². The van der Waals surface area contributed by atoms with Crippen molar-refractivity contribution in [3.05, 3.63) is 30.3 Å². The van der Waals surface area contributed by atoms with Gasteiger partial charge in [-0.1, -0.05) is 31.5 Å². The van der Waals surface area contributed by atoms with Crippen molar-refractivity contribution in [3.8, 4) is 5.75 Å². The van der Waals surface area contributed by atoms with E-state index in [4.69, 9.17) is 4.74 Å². The first-order valence-electron chi connectivity index (χ1n) is 6.75. The molecule has 0 amide bonds. The number of ether oxygens (including phenoxy) is 1. The van der Waals surface area contributed by atoms with E-state index in [0.717, 1.165) is 12.3 Å². The van der Waals surface area contributed by atoms with E-state index in [9.17, 15) is 5.11 Å². The first-order chi connectivity index (χ1) is 8.68. The van der Waals surface area contributed by atoms with Crippen LogP contribution in [0.4, 0.5) is 0 Å². The zero-order chi connectivity index (χ0) is 12.8. The molecule has 1 unspecified atom stereocenters. The Morgan fingerprint density at radius 1 is 1.33 bits per heavy atom. The summed E-state index contributed by atoms with van der Waals surface area (Å²) in [6.45, 7) is 4.24. The lowest BCUT2D eigenvalue weighted by atomic mass is 9.70. The molecular weight excluding hydrogens is 226 g/mol. The lowest BCUT2D eigenvalue weighted by Gasteiger charge is -2.38. The number of aliphatic hydroxyl groups is 1. The van der Waals surface area contributed by atoms with Gasteiger partial charge in [0.1, 0.15) is 18.5 Å². The molecule has 1 aliphatic carbocycles. The van der Waals surface area contributed by atoms with Gasteiger partial charge in [0, 0.05) is 13.1 Å². The minimum Gasteiger partial charge on any atom is -0.491 e. The highest BCUT2D eigenvalue weighted by molar-refractivity contribution is 5.20. The topological polar surface area (TPSA) is 41.5 Å². The SMILES string of the molecule is CC1(CNCC(O)COc2ccccc2)CCC1. The Morgan fingerprint density at radius 2 is 2.06 bits per heavy atom. The van der Waals surface area contributed by atoms with Crippen molar-refractivity contribution >= 4 is 0 Å². The number of benzene rings is 1. The first-order valence-corrected chi connectivity index (χ1v) is 6.75.